The molecule has 6 heteroatoms. The van der Waals surface area contributed by atoms with E-state index < -0.39 is 0 Å². The van der Waals surface area contributed by atoms with E-state index in [9.17, 15) is 4.79 Å². The van der Waals surface area contributed by atoms with Gasteiger partial charge in [-0.3, -0.25) is 4.79 Å². The fourth-order valence-corrected chi connectivity index (χ4v) is 3.23. The van der Waals surface area contributed by atoms with Crippen LogP contribution in [0.3, 0.4) is 0 Å². The summed E-state index contributed by atoms with van der Waals surface area (Å²) in [4.78, 5) is 12.3. The quantitative estimate of drug-likeness (QED) is 0.848. The van der Waals surface area contributed by atoms with Gasteiger partial charge in [-0.25, -0.2) is 0 Å². The van der Waals surface area contributed by atoms with Gasteiger partial charge in [0.25, 0.3) is 0 Å². The van der Waals surface area contributed by atoms with Gasteiger partial charge in [0.1, 0.15) is 11.6 Å². The summed E-state index contributed by atoms with van der Waals surface area (Å²) in [6, 6.07) is 0. The van der Waals surface area contributed by atoms with Gasteiger partial charge >= 0.3 is 0 Å². The van der Waals surface area contributed by atoms with Crippen LogP contribution in [0.25, 0.3) is 0 Å². The Hall–Kier alpha value is -1.27. The lowest BCUT2D eigenvalue weighted by atomic mass is 10.1. The Morgan fingerprint density at radius 3 is 2.75 bits per heavy atom. The molecule has 1 aromatic rings. The van der Waals surface area contributed by atoms with Crippen molar-refractivity contribution in [3.8, 4) is 0 Å². The zero-order valence-electron chi connectivity index (χ0n) is 12.6. The van der Waals surface area contributed by atoms with Crippen molar-refractivity contribution in [2.24, 2.45) is 17.3 Å². The van der Waals surface area contributed by atoms with E-state index in [1.807, 2.05) is 0 Å². The van der Waals surface area contributed by atoms with Crippen LogP contribution in [0.2, 0.25) is 0 Å². The predicted octanol–water partition coefficient (Wildman–Crippen LogP) is 2.86. The minimum Gasteiger partial charge on any atom is -0.377 e. The molecule has 2 atom stereocenters. The van der Waals surface area contributed by atoms with Crippen molar-refractivity contribution >= 4 is 22.4 Å². The molecule has 0 radical (unpaired) electrons. The molecule has 0 saturated heterocycles. The number of aromatic nitrogens is 2. The highest BCUT2D eigenvalue weighted by Gasteiger charge is 2.60. The van der Waals surface area contributed by atoms with Gasteiger partial charge in [0.15, 0.2) is 0 Å². The summed E-state index contributed by atoms with van der Waals surface area (Å²) in [5, 5.41) is 12.1. The third kappa shape index (κ3) is 3.07. The van der Waals surface area contributed by atoms with Gasteiger partial charge in [-0.1, -0.05) is 36.8 Å². The Morgan fingerprint density at radius 1 is 1.45 bits per heavy atom. The molecule has 1 amide bonds. The number of nitrogens with zero attached hydrogens (tertiary/aromatic N) is 2. The van der Waals surface area contributed by atoms with Crippen LogP contribution in [0.15, 0.2) is 11.6 Å². The number of amides is 1. The molecular formula is C14H21N3O2S. The molecule has 1 saturated carbocycles. The molecule has 0 unspecified atom stereocenters. The van der Waals surface area contributed by atoms with Crippen LogP contribution in [0.1, 0.15) is 32.7 Å². The lowest BCUT2D eigenvalue weighted by Gasteiger charge is -2.01. The molecule has 1 fully saturated rings. The third-order valence-corrected chi connectivity index (χ3v) is 4.48. The summed E-state index contributed by atoms with van der Waals surface area (Å²) < 4.78 is 4.99. The van der Waals surface area contributed by atoms with Crippen molar-refractivity contribution in [3.05, 3.63) is 16.7 Å². The summed E-state index contributed by atoms with van der Waals surface area (Å²) in [6.07, 6.45) is 2.18. The second kappa shape index (κ2) is 5.61. The predicted molar refractivity (Wildman–Crippen MR) is 79.4 cm³/mol. The molecule has 110 valence electrons. The van der Waals surface area contributed by atoms with Crippen LogP contribution in [-0.4, -0.2) is 23.2 Å². The molecule has 0 aliphatic heterocycles. The Bertz CT molecular complexity index is 532. The van der Waals surface area contributed by atoms with E-state index in [0.717, 1.165) is 5.01 Å². The minimum atomic E-state index is 0.00664. The normalized spacial score (nSPS) is 23.2. The van der Waals surface area contributed by atoms with Crippen molar-refractivity contribution in [2.45, 2.75) is 34.3 Å². The Labute approximate surface area is 123 Å². The first-order chi connectivity index (χ1) is 9.36. The van der Waals surface area contributed by atoms with Crippen molar-refractivity contribution in [1.29, 1.82) is 0 Å². The fraction of sp³-hybridized carbons (Fsp3) is 0.643. The van der Waals surface area contributed by atoms with E-state index >= 15 is 0 Å². The topological polar surface area (TPSA) is 64.1 Å². The molecule has 0 spiro atoms. The van der Waals surface area contributed by atoms with Gasteiger partial charge < -0.3 is 10.1 Å². The number of nitrogens with one attached hydrogen (secondary N) is 1. The Balaban J connectivity index is 2.00. The first-order valence-electron chi connectivity index (χ1n) is 6.63. The number of anilines is 1. The molecule has 2 rings (SSSR count). The van der Waals surface area contributed by atoms with E-state index in [1.54, 1.807) is 7.11 Å². The zero-order valence-corrected chi connectivity index (χ0v) is 13.4. The largest absolute Gasteiger partial charge is 0.377 e. The summed E-state index contributed by atoms with van der Waals surface area (Å²) in [6.45, 7) is 8.79. The van der Waals surface area contributed by atoms with Gasteiger partial charge in [-0.2, -0.15) is 0 Å². The zero-order chi connectivity index (χ0) is 14.9. The van der Waals surface area contributed by atoms with Crippen LogP contribution in [0, 0.1) is 17.3 Å². The van der Waals surface area contributed by atoms with Gasteiger partial charge in [-0.05, 0) is 25.2 Å². The molecule has 0 aromatic carbocycles. The van der Waals surface area contributed by atoms with E-state index in [4.69, 9.17) is 4.74 Å². The molecule has 1 aromatic heterocycles. The van der Waals surface area contributed by atoms with Crippen molar-refractivity contribution in [2.75, 3.05) is 12.4 Å². The summed E-state index contributed by atoms with van der Waals surface area (Å²) >= 11 is 1.35. The average Bonchev–Trinajstić information content (AvgIpc) is 2.70. The molecule has 1 heterocycles. The van der Waals surface area contributed by atoms with Crippen LogP contribution in [-0.2, 0) is 16.1 Å². The molecule has 0 bridgehead atoms. The molecular weight excluding hydrogens is 274 g/mol. The van der Waals surface area contributed by atoms with Crippen LogP contribution in [0.5, 0.6) is 0 Å². The molecule has 5 nitrogen and oxygen atoms in total. The number of carbonyl (C=O) groups excluding carboxylic acids is 1. The summed E-state index contributed by atoms with van der Waals surface area (Å²) in [5.74, 6) is 0.337. The Kier molecular flexibility index (Phi) is 4.25. The average molecular weight is 295 g/mol. The maximum atomic E-state index is 12.3. The van der Waals surface area contributed by atoms with E-state index in [0.29, 0.717) is 17.7 Å². The monoisotopic (exact) mass is 295 g/mol. The lowest BCUT2D eigenvalue weighted by Crippen LogP contribution is -2.16. The van der Waals surface area contributed by atoms with Crippen LogP contribution < -0.4 is 5.32 Å². The van der Waals surface area contributed by atoms with Crippen molar-refractivity contribution in [1.82, 2.24) is 10.2 Å². The second-order valence-corrected chi connectivity index (χ2v) is 7.05. The molecule has 1 aliphatic rings. The van der Waals surface area contributed by atoms with Crippen molar-refractivity contribution in [3.63, 3.8) is 0 Å². The summed E-state index contributed by atoms with van der Waals surface area (Å²) in [5.41, 5.74) is 1.26. The first-order valence-corrected chi connectivity index (χ1v) is 7.45. The van der Waals surface area contributed by atoms with Crippen LogP contribution in [0.4, 0.5) is 5.13 Å². The van der Waals surface area contributed by atoms with Gasteiger partial charge in [0.2, 0.25) is 11.0 Å². The standard InChI is InChI=1S/C14H21N3O2S/c1-8(2)6-9-11(14(9,3)4)12(18)15-13-17-16-10(20-13)7-19-5/h6,9,11H,7H2,1-5H3,(H,15,17,18)/t9-,11-/m0/s1. The maximum Gasteiger partial charge on any atom is 0.230 e. The SMILES string of the molecule is COCc1nnc(NC(=O)[C@@H]2[C@H](C=C(C)C)C2(C)C)s1. The number of hydrogen-bond acceptors (Lipinski definition) is 5. The Morgan fingerprint density at radius 2 is 2.15 bits per heavy atom. The number of methoxy groups -OCH3 is 1. The second-order valence-electron chi connectivity index (χ2n) is 5.99. The van der Waals surface area contributed by atoms with Gasteiger partial charge in [0, 0.05) is 7.11 Å². The van der Waals surface area contributed by atoms with Gasteiger partial charge in [0.05, 0.1) is 5.92 Å². The molecule has 20 heavy (non-hydrogen) atoms. The fourth-order valence-electron chi connectivity index (χ4n) is 2.52. The van der Waals surface area contributed by atoms with E-state index in [1.165, 1.54) is 16.9 Å². The maximum absolute atomic E-state index is 12.3. The molecule has 1 aliphatic carbocycles. The van der Waals surface area contributed by atoms with E-state index in [-0.39, 0.29) is 17.2 Å². The highest BCUT2D eigenvalue weighted by Crippen LogP contribution is 2.59. The van der Waals surface area contributed by atoms with E-state index in [2.05, 4.69) is 49.3 Å². The lowest BCUT2D eigenvalue weighted by molar-refractivity contribution is -0.118. The third-order valence-electron chi connectivity index (χ3n) is 3.67. The highest BCUT2D eigenvalue weighted by atomic mass is 32.1. The first kappa shape index (κ1) is 15.1. The minimum absolute atomic E-state index is 0.00664. The van der Waals surface area contributed by atoms with Gasteiger partial charge in [-0.15, -0.1) is 10.2 Å². The number of hydrogen-bond donors (Lipinski definition) is 1. The van der Waals surface area contributed by atoms with Crippen molar-refractivity contribution < 1.29 is 9.53 Å². The molecule has 1 N–H and O–H groups in total. The number of carbonyl (C=O) groups is 1. The van der Waals surface area contributed by atoms with Crippen LogP contribution >= 0.6 is 11.3 Å². The number of rotatable bonds is 5. The number of ether oxygens (including phenoxy) is 1. The summed E-state index contributed by atoms with van der Waals surface area (Å²) in [7, 11) is 1.61. The highest BCUT2D eigenvalue weighted by molar-refractivity contribution is 7.15. The smallest absolute Gasteiger partial charge is 0.230 e. The number of allylic oxidation sites excluding steroid dienone is 2.